The van der Waals surface area contributed by atoms with Crippen molar-refractivity contribution in [1.82, 2.24) is 9.97 Å². The molecular formula is C12H17N3O2. The molecule has 0 radical (unpaired) electrons. The highest BCUT2D eigenvalue weighted by Crippen LogP contribution is 2.25. The first kappa shape index (κ1) is 11.8. The maximum Gasteiger partial charge on any atom is 0.308 e. The topological polar surface area (TPSA) is 75.1 Å². The van der Waals surface area contributed by atoms with Crippen LogP contribution in [0.2, 0.25) is 0 Å². The second-order valence-electron chi connectivity index (χ2n) is 4.33. The summed E-state index contributed by atoms with van der Waals surface area (Å²) in [4.78, 5) is 19.3. The molecule has 0 aromatic carbocycles. The summed E-state index contributed by atoms with van der Waals surface area (Å²) in [6.45, 7) is 2.31. The summed E-state index contributed by atoms with van der Waals surface area (Å²) < 4.78 is 0. The molecule has 5 heteroatoms. The molecule has 1 aromatic heterocycles. The van der Waals surface area contributed by atoms with E-state index < -0.39 is 5.97 Å². The lowest BCUT2D eigenvalue weighted by atomic mass is 10.1. The molecule has 1 heterocycles. The number of hydrogen-bond donors (Lipinski definition) is 2. The van der Waals surface area contributed by atoms with Crippen molar-refractivity contribution in [3.8, 4) is 0 Å². The number of aliphatic carboxylic acids is 1. The first-order chi connectivity index (χ1) is 8.22. The fraction of sp³-hybridized carbons (Fsp3) is 0.583. The molecule has 5 nitrogen and oxygen atoms in total. The summed E-state index contributed by atoms with van der Waals surface area (Å²) in [7, 11) is 0. The van der Waals surface area contributed by atoms with E-state index in [9.17, 15) is 4.79 Å². The van der Waals surface area contributed by atoms with Crippen LogP contribution >= 0.6 is 0 Å². The smallest absolute Gasteiger partial charge is 0.308 e. The van der Waals surface area contributed by atoms with Crippen LogP contribution in [-0.4, -0.2) is 27.6 Å². The molecule has 0 fully saturated rings. The van der Waals surface area contributed by atoms with Crippen LogP contribution in [-0.2, 0) is 17.6 Å². The van der Waals surface area contributed by atoms with Gasteiger partial charge in [0.2, 0.25) is 0 Å². The van der Waals surface area contributed by atoms with E-state index >= 15 is 0 Å². The minimum Gasteiger partial charge on any atom is -0.481 e. The highest BCUT2D eigenvalue weighted by molar-refractivity contribution is 5.70. The highest BCUT2D eigenvalue weighted by atomic mass is 16.4. The average molecular weight is 235 g/mol. The van der Waals surface area contributed by atoms with E-state index in [1.807, 2.05) is 6.92 Å². The molecule has 1 aliphatic carbocycles. The summed E-state index contributed by atoms with van der Waals surface area (Å²) in [5.41, 5.74) is 2.26. The number of carbonyl (C=O) groups is 1. The van der Waals surface area contributed by atoms with Crippen LogP contribution in [0.4, 0.5) is 5.82 Å². The van der Waals surface area contributed by atoms with E-state index in [1.54, 1.807) is 6.33 Å². The Kier molecular flexibility index (Phi) is 3.56. The van der Waals surface area contributed by atoms with Gasteiger partial charge in [0.15, 0.2) is 0 Å². The number of fused-ring (bicyclic) bond motifs is 1. The van der Waals surface area contributed by atoms with E-state index in [0.717, 1.165) is 36.3 Å². The van der Waals surface area contributed by atoms with E-state index in [0.29, 0.717) is 13.0 Å². The third-order valence-electron chi connectivity index (χ3n) is 3.23. The predicted molar refractivity (Wildman–Crippen MR) is 64.0 cm³/mol. The van der Waals surface area contributed by atoms with Crippen LogP contribution < -0.4 is 5.32 Å². The molecular weight excluding hydrogens is 218 g/mol. The van der Waals surface area contributed by atoms with Gasteiger partial charge < -0.3 is 10.4 Å². The number of aryl methyl sites for hydroxylation is 1. The van der Waals surface area contributed by atoms with Crippen molar-refractivity contribution >= 4 is 11.8 Å². The Hall–Kier alpha value is -1.65. The summed E-state index contributed by atoms with van der Waals surface area (Å²) in [5.74, 6) is -0.306. The van der Waals surface area contributed by atoms with Crippen LogP contribution in [0.5, 0.6) is 0 Å². The summed E-state index contributed by atoms with van der Waals surface area (Å²) in [6, 6.07) is 0. The van der Waals surface area contributed by atoms with Crippen LogP contribution in [0.15, 0.2) is 6.33 Å². The molecule has 0 spiro atoms. The molecule has 0 saturated carbocycles. The summed E-state index contributed by atoms with van der Waals surface area (Å²) in [5, 5.41) is 12.1. The maximum absolute atomic E-state index is 10.9. The van der Waals surface area contributed by atoms with Crippen LogP contribution in [0.25, 0.3) is 0 Å². The second kappa shape index (κ2) is 5.12. The molecule has 92 valence electrons. The number of nitrogens with one attached hydrogen (secondary N) is 1. The lowest BCUT2D eigenvalue weighted by Crippen LogP contribution is -2.23. The van der Waals surface area contributed by atoms with E-state index in [2.05, 4.69) is 15.3 Å². The number of nitrogens with zero attached hydrogens (tertiary/aromatic N) is 2. The molecule has 2 N–H and O–H groups in total. The minimum absolute atomic E-state index is 0.359. The predicted octanol–water partition coefficient (Wildman–Crippen LogP) is 1.49. The van der Waals surface area contributed by atoms with Gasteiger partial charge in [-0.15, -0.1) is 0 Å². The van der Waals surface area contributed by atoms with E-state index in [-0.39, 0.29) is 5.92 Å². The van der Waals surface area contributed by atoms with Crippen LogP contribution in [0.1, 0.15) is 31.0 Å². The molecule has 0 aliphatic heterocycles. The van der Waals surface area contributed by atoms with Gasteiger partial charge in [-0.05, 0) is 25.7 Å². The highest BCUT2D eigenvalue weighted by Gasteiger charge is 2.19. The lowest BCUT2D eigenvalue weighted by molar-refractivity contribution is -0.141. The zero-order valence-electron chi connectivity index (χ0n) is 9.94. The van der Waals surface area contributed by atoms with Crippen molar-refractivity contribution < 1.29 is 9.90 Å². The Bertz CT molecular complexity index is 420. The second-order valence-corrected chi connectivity index (χ2v) is 4.33. The molecule has 17 heavy (non-hydrogen) atoms. The molecule has 0 amide bonds. The number of carboxylic acid groups (broad SMARTS) is 1. The van der Waals surface area contributed by atoms with Gasteiger partial charge in [-0.1, -0.05) is 6.92 Å². The number of carboxylic acids is 1. The van der Waals surface area contributed by atoms with Crippen LogP contribution in [0, 0.1) is 5.92 Å². The van der Waals surface area contributed by atoms with E-state index in [1.165, 1.54) is 0 Å². The molecule has 1 atom stereocenters. The van der Waals surface area contributed by atoms with Gasteiger partial charge in [0.05, 0.1) is 5.92 Å². The van der Waals surface area contributed by atoms with Crippen molar-refractivity contribution in [3.05, 3.63) is 17.6 Å². The van der Waals surface area contributed by atoms with Crippen LogP contribution in [0.3, 0.4) is 0 Å². The number of aromatic nitrogens is 2. The molecule has 1 aromatic rings. The fourth-order valence-electron chi connectivity index (χ4n) is 2.14. The SMILES string of the molecule is CCC(CNc1ncnc2c1CCC2)C(=O)O. The van der Waals surface area contributed by atoms with Crippen molar-refractivity contribution in [2.75, 3.05) is 11.9 Å². The maximum atomic E-state index is 10.9. The lowest BCUT2D eigenvalue weighted by Gasteiger charge is -2.13. The zero-order valence-corrected chi connectivity index (χ0v) is 9.94. The average Bonchev–Trinajstić information content (AvgIpc) is 2.78. The Morgan fingerprint density at radius 2 is 2.35 bits per heavy atom. The molecule has 2 rings (SSSR count). The monoisotopic (exact) mass is 235 g/mol. The Morgan fingerprint density at radius 1 is 1.53 bits per heavy atom. The van der Waals surface area contributed by atoms with Gasteiger partial charge in [-0.25, -0.2) is 9.97 Å². The first-order valence-electron chi connectivity index (χ1n) is 6.01. The third kappa shape index (κ3) is 2.54. The van der Waals surface area contributed by atoms with E-state index in [4.69, 9.17) is 5.11 Å². The summed E-state index contributed by atoms with van der Waals surface area (Å²) in [6.07, 6.45) is 5.27. The third-order valence-corrected chi connectivity index (χ3v) is 3.23. The normalized spacial score (nSPS) is 15.4. The largest absolute Gasteiger partial charge is 0.481 e. The molecule has 0 bridgehead atoms. The number of hydrogen-bond acceptors (Lipinski definition) is 4. The molecule has 1 aliphatic rings. The number of anilines is 1. The van der Waals surface area contributed by atoms with Gasteiger partial charge >= 0.3 is 5.97 Å². The fourth-order valence-corrected chi connectivity index (χ4v) is 2.14. The Labute approximate surface area is 100 Å². The van der Waals surface area contributed by atoms with Crippen molar-refractivity contribution in [2.45, 2.75) is 32.6 Å². The van der Waals surface area contributed by atoms with Crippen molar-refractivity contribution in [3.63, 3.8) is 0 Å². The minimum atomic E-state index is -0.759. The first-order valence-corrected chi connectivity index (χ1v) is 6.01. The standard InChI is InChI=1S/C12H17N3O2/c1-2-8(12(16)17)6-13-11-9-4-3-5-10(9)14-7-15-11/h7-8H,2-6H2,1H3,(H,16,17)(H,13,14,15). The zero-order chi connectivity index (χ0) is 12.3. The summed E-state index contributed by atoms with van der Waals surface area (Å²) >= 11 is 0. The molecule has 1 unspecified atom stereocenters. The number of rotatable bonds is 5. The quantitative estimate of drug-likeness (QED) is 0.808. The van der Waals surface area contributed by atoms with Gasteiger partial charge in [0.25, 0.3) is 0 Å². The van der Waals surface area contributed by atoms with Crippen molar-refractivity contribution in [2.24, 2.45) is 5.92 Å². The molecule has 0 saturated heterocycles. The van der Waals surface area contributed by atoms with Gasteiger partial charge in [0.1, 0.15) is 12.1 Å². The van der Waals surface area contributed by atoms with Gasteiger partial charge in [0, 0.05) is 17.8 Å². The van der Waals surface area contributed by atoms with Crippen molar-refractivity contribution in [1.29, 1.82) is 0 Å². The van der Waals surface area contributed by atoms with Gasteiger partial charge in [-0.2, -0.15) is 0 Å². The van der Waals surface area contributed by atoms with Gasteiger partial charge in [-0.3, -0.25) is 4.79 Å². The Balaban J connectivity index is 2.04. The Morgan fingerprint density at radius 3 is 3.06 bits per heavy atom.